The van der Waals surface area contributed by atoms with E-state index in [0.717, 1.165) is 19.5 Å². The number of nitriles is 1. The van der Waals surface area contributed by atoms with E-state index in [0.29, 0.717) is 5.92 Å². The Balaban J connectivity index is 2.27. The molecule has 0 aliphatic rings. The first-order chi connectivity index (χ1) is 8.67. The van der Waals surface area contributed by atoms with Gasteiger partial charge in [0.05, 0.1) is 12.0 Å². The molecule has 18 heavy (non-hydrogen) atoms. The van der Waals surface area contributed by atoms with Gasteiger partial charge in [-0.25, -0.2) is 0 Å². The smallest absolute Gasteiger partial charge is 0.0671 e. The molecule has 0 amide bonds. The third kappa shape index (κ3) is 5.12. The first-order valence-corrected chi connectivity index (χ1v) is 7.63. The van der Waals surface area contributed by atoms with Crippen LogP contribution in [0.25, 0.3) is 0 Å². The van der Waals surface area contributed by atoms with Gasteiger partial charge in [0.15, 0.2) is 0 Å². The Bertz CT molecular complexity index is 378. The molecule has 2 nitrogen and oxygen atoms in total. The van der Waals surface area contributed by atoms with Gasteiger partial charge in [-0.1, -0.05) is 26.0 Å². The summed E-state index contributed by atoms with van der Waals surface area (Å²) in [5.41, 5.74) is 1.35. The third-order valence-electron chi connectivity index (χ3n) is 3.08. The van der Waals surface area contributed by atoms with E-state index in [9.17, 15) is 0 Å². The molecule has 0 aliphatic carbocycles. The Kier molecular flexibility index (Phi) is 6.85. The highest BCUT2D eigenvalue weighted by Gasteiger charge is 2.10. The zero-order chi connectivity index (χ0) is 13.4. The lowest BCUT2D eigenvalue weighted by Crippen LogP contribution is -2.26. The first-order valence-electron chi connectivity index (χ1n) is 6.40. The number of thioether (sulfide) groups is 1. The molecular weight excluding hydrogens is 240 g/mol. The molecule has 1 aromatic carbocycles. The molecule has 3 heteroatoms. The largest absolute Gasteiger partial charge is 0.315 e. The molecule has 1 atom stereocenters. The highest BCUT2D eigenvalue weighted by atomic mass is 32.2. The SMILES string of the molecule is CSc1ccc(CCNCC(C#N)C(C)C)cc1. The fraction of sp³-hybridized carbons (Fsp3) is 0.533. The third-order valence-corrected chi connectivity index (χ3v) is 3.83. The van der Waals surface area contributed by atoms with E-state index in [4.69, 9.17) is 5.26 Å². The van der Waals surface area contributed by atoms with Crippen LogP contribution in [0, 0.1) is 23.2 Å². The summed E-state index contributed by atoms with van der Waals surface area (Å²) < 4.78 is 0. The van der Waals surface area contributed by atoms with E-state index in [2.05, 4.69) is 55.8 Å². The molecule has 0 aromatic heterocycles. The van der Waals surface area contributed by atoms with Crippen LogP contribution in [0.3, 0.4) is 0 Å². The van der Waals surface area contributed by atoms with Crippen LogP contribution in [0.4, 0.5) is 0 Å². The number of hydrogen-bond donors (Lipinski definition) is 1. The molecule has 0 saturated heterocycles. The maximum absolute atomic E-state index is 8.98. The van der Waals surface area contributed by atoms with Gasteiger partial charge in [0, 0.05) is 11.4 Å². The van der Waals surface area contributed by atoms with E-state index in [-0.39, 0.29) is 5.92 Å². The Morgan fingerprint density at radius 3 is 2.44 bits per heavy atom. The average Bonchev–Trinajstić information content (AvgIpc) is 2.39. The van der Waals surface area contributed by atoms with E-state index in [1.54, 1.807) is 11.8 Å². The molecule has 98 valence electrons. The molecule has 1 aromatic rings. The first kappa shape index (κ1) is 15.1. The highest BCUT2D eigenvalue weighted by molar-refractivity contribution is 7.98. The maximum Gasteiger partial charge on any atom is 0.0671 e. The summed E-state index contributed by atoms with van der Waals surface area (Å²) in [7, 11) is 0. The van der Waals surface area contributed by atoms with Crippen LogP contribution in [0.15, 0.2) is 29.2 Å². The van der Waals surface area contributed by atoms with Gasteiger partial charge in [0.1, 0.15) is 0 Å². The van der Waals surface area contributed by atoms with Crippen molar-refractivity contribution in [1.29, 1.82) is 5.26 Å². The summed E-state index contributed by atoms with van der Waals surface area (Å²) in [5, 5.41) is 12.3. The minimum Gasteiger partial charge on any atom is -0.315 e. The van der Waals surface area contributed by atoms with Crippen LogP contribution in [0.2, 0.25) is 0 Å². The predicted octanol–water partition coefficient (Wildman–Crippen LogP) is 3.34. The lowest BCUT2D eigenvalue weighted by Gasteiger charge is -2.13. The Morgan fingerprint density at radius 2 is 1.94 bits per heavy atom. The second-order valence-corrected chi connectivity index (χ2v) is 5.66. The van der Waals surface area contributed by atoms with E-state index < -0.39 is 0 Å². The van der Waals surface area contributed by atoms with Gasteiger partial charge < -0.3 is 5.32 Å². The van der Waals surface area contributed by atoms with Crippen molar-refractivity contribution in [2.75, 3.05) is 19.3 Å². The Hall–Kier alpha value is -0.980. The summed E-state index contributed by atoms with van der Waals surface area (Å²) in [5.74, 6) is 0.534. The van der Waals surface area contributed by atoms with Crippen LogP contribution in [0.5, 0.6) is 0 Å². The molecule has 1 rings (SSSR count). The summed E-state index contributed by atoms with van der Waals surface area (Å²) in [6, 6.07) is 11.0. The number of nitrogens with one attached hydrogen (secondary N) is 1. The van der Waals surface area contributed by atoms with Gasteiger partial charge in [-0.3, -0.25) is 0 Å². The van der Waals surface area contributed by atoms with Gasteiger partial charge in [-0.15, -0.1) is 11.8 Å². The second-order valence-electron chi connectivity index (χ2n) is 4.78. The summed E-state index contributed by atoms with van der Waals surface area (Å²) >= 11 is 1.76. The van der Waals surface area contributed by atoms with Crippen molar-refractivity contribution in [1.82, 2.24) is 5.32 Å². The van der Waals surface area contributed by atoms with Gasteiger partial charge in [0.25, 0.3) is 0 Å². The molecule has 0 saturated carbocycles. The monoisotopic (exact) mass is 262 g/mol. The van der Waals surface area contributed by atoms with E-state index in [1.807, 2.05) is 0 Å². The molecule has 0 bridgehead atoms. The number of hydrogen-bond acceptors (Lipinski definition) is 3. The van der Waals surface area contributed by atoms with Crippen LogP contribution in [-0.4, -0.2) is 19.3 Å². The van der Waals surface area contributed by atoms with Crippen molar-refractivity contribution in [3.63, 3.8) is 0 Å². The minimum absolute atomic E-state index is 0.115. The van der Waals surface area contributed by atoms with Crippen LogP contribution < -0.4 is 5.32 Å². The van der Waals surface area contributed by atoms with Gasteiger partial charge in [-0.2, -0.15) is 5.26 Å². The Morgan fingerprint density at radius 1 is 1.28 bits per heavy atom. The fourth-order valence-corrected chi connectivity index (χ4v) is 2.12. The predicted molar refractivity (Wildman–Crippen MR) is 78.7 cm³/mol. The van der Waals surface area contributed by atoms with Crippen LogP contribution in [-0.2, 0) is 6.42 Å². The number of nitrogens with zero attached hydrogens (tertiary/aromatic N) is 1. The molecule has 0 aliphatic heterocycles. The zero-order valence-corrected chi connectivity index (χ0v) is 12.3. The minimum atomic E-state index is 0.115. The van der Waals surface area contributed by atoms with Crippen molar-refractivity contribution in [3.05, 3.63) is 29.8 Å². The second kappa shape index (κ2) is 8.18. The standard InChI is InChI=1S/C15H22N2S/c1-12(2)14(10-16)11-17-9-8-13-4-6-15(18-3)7-5-13/h4-7,12,14,17H,8-9,11H2,1-3H3. The highest BCUT2D eigenvalue weighted by Crippen LogP contribution is 2.15. The topological polar surface area (TPSA) is 35.8 Å². The van der Waals surface area contributed by atoms with Crippen molar-refractivity contribution in [2.24, 2.45) is 11.8 Å². The molecule has 1 N–H and O–H groups in total. The normalized spacial score (nSPS) is 12.4. The number of benzene rings is 1. The summed E-state index contributed by atoms with van der Waals surface area (Å²) in [6.07, 6.45) is 3.11. The van der Waals surface area contributed by atoms with Crippen LogP contribution in [0.1, 0.15) is 19.4 Å². The Labute approximate surface area is 115 Å². The zero-order valence-electron chi connectivity index (χ0n) is 11.4. The molecule has 0 heterocycles. The molecule has 0 fully saturated rings. The quantitative estimate of drug-likeness (QED) is 0.605. The maximum atomic E-state index is 8.98. The van der Waals surface area contributed by atoms with Crippen molar-refractivity contribution >= 4 is 11.8 Å². The van der Waals surface area contributed by atoms with Gasteiger partial charge in [0.2, 0.25) is 0 Å². The van der Waals surface area contributed by atoms with Crippen molar-refractivity contribution in [3.8, 4) is 6.07 Å². The van der Waals surface area contributed by atoms with E-state index >= 15 is 0 Å². The van der Waals surface area contributed by atoms with E-state index in [1.165, 1.54) is 10.5 Å². The molecule has 0 spiro atoms. The van der Waals surface area contributed by atoms with Gasteiger partial charge in [-0.05, 0) is 42.8 Å². The van der Waals surface area contributed by atoms with Crippen LogP contribution >= 0.6 is 11.8 Å². The van der Waals surface area contributed by atoms with Gasteiger partial charge >= 0.3 is 0 Å². The summed E-state index contributed by atoms with van der Waals surface area (Å²) in [4.78, 5) is 1.30. The summed E-state index contributed by atoms with van der Waals surface area (Å²) in [6.45, 7) is 5.91. The molecule has 0 radical (unpaired) electrons. The average molecular weight is 262 g/mol. The fourth-order valence-electron chi connectivity index (χ4n) is 1.71. The van der Waals surface area contributed by atoms with Crippen molar-refractivity contribution < 1.29 is 0 Å². The molecule has 1 unspecified atom stereocenters. The van der Waals surface area contributed by atoms with Crippen molar-refractivity contribution in [2.45, 2.75) is 25.2 Å². The molecular formula is C15H22N2S. The lowest BCUT2D eigenvalue weighted by atomic mass is 9.97. The lowest BCUT2D eigenvalue weighted by molar-refractivity contribution is 0.444. The number of rotatable bonds is 7.